The van der Waals surface area contributed by atoms with Gasteiger partial charge < -0.3 is 4.90 Å². The monoisotopic (exact) mass is 165 g/mol. The Labute approximate surface area is 70.7 Å². The van der Waals surface area contributed by atoms with Gasteiger partial charge in [0.2, 0.25) is 5.91 Å². The summed E-state index contributed by atoms with van der Waals surface area (Å²) in [6.45, 7) is 0.690. The number of piperidine rings is 2. The minimum absolute atomic E-state index is 0.295. The predicted molar refractivity (Wildman–Crippen MR) is 41.3 cm³/mol. The second-order valence-electron chi connectivity index (χ2n) is 4.10. The number of nitrogens with zero attached hydrogens (tertiary/aromatic N) is 1. The quantitative estimate of drug-likeness (QED) is 0.514. The smallest absolute Gasteiger partial charge is 0.226 e. The van der Waals surface area contributed by atoms with Crippen molar-refractivity contribution in [2.45, 2.75) is 25.3 Å². The van der Waals surface area contributed by atoms with Gasteiger partial charge in [-0.05, 0) is 12.3 Å². The summed E-state index contributed by atoms with van der Waals surface area (Å²) in [5.74, 6) is 1.51. The Morgan fingerprint density at radius 1 is 1.33 bits per heavy atom. The lowest BCUT2D eigenvalue weighted by atomic mass is 9.99. The van der Waals surface area contributed by atoms with Crippen LogP contribution >= 0.6 is 0 Å². The van der Waals surface area contributed by atoms with Crippen molar-refractivity contribution in [1.82, 2.24) is 4.90 Å². The number of hydrogen-bond acceptors (Lipinski definition) is 2. The van der Waals surface area contributed by atoms with E-state index in [4.69, 9.17) is 0 Å². The first kappa shape index (κ1) is 6.63. The normalized spacial score (nSPS) is 44.3. The summed E-state index contributed by atoms with van der Waals surface area (Å²) in [6.07, 6.45) is 2.27. The molecule has 64 valence electrons. The molecule has 1 unspecified atom stereocenters. The van der Waals surface area contributed by atoms with Crippen molar-refractivity contribution in [3.63, 3.8) is 0 Å². The zero-order valence-corrected chi connectivity index (χ0v) is 6.82. The maximum Gasteiger partial charge on any atom is 0.226 e. The topological polar surface area (TPSA) is 37.4 Å². The molecule has 12 heavy (non-hydrogen) atoms. The summed E-state index contributed by atoms with van der Waals surface area (Å²) < 4.78 is 0. The van der Waals surface area contributed by atoms with Gasteiger partial charge in [-0.15, -0.1) is 0 Å². The number of ketones is 1. The molecule has 0 radical (unpaired) electrons. The molecule has 0 aromatic heterocycles. The number of Topliss-reactive ketones (excluding diaryl/α,β-unsaturated/α-hetero) is 1. The van der Waals surface area contributed by atoms with Crippen molar-refractivity contribution in [2.75, 3.05) is 6.54 Å². The van der Waals surface area contributed by atoms with E-state index in [1.54, 1.807) is 0 Å². The lowest BCUT2D eigenvalue weighted by Crippen LogP contribution is -2.43. The van der Waals surface area contributed by atoms with E-state index in [0.717, 1.165) is 6.42 Å². The molecule has 3 aliphatic rings. The molecule has 1 saturated carbocycles. The summed E-state index contributed by atoms with van der Waals surface area (Å²) in [4.78, 5) is 24.6. The fourth-order valence-corrected chi connectivity index (χ4v) is 2.65. The van der Waals surface area contributed by atoms with Gasteiger partial charge in [0.15, 0.2) is 0 Å². The van der Waals surface area contributed by atoms with E-state index in [9.17, 15) is 9.59 Å². The Hall–Kier alpha value is -0.860. The summed E-state index contributed by atoms with van der Waals surface area (Å²) in [7, 11) is 0. The van der Waals surface area contributed by atoms with E-state index in [-0.39, 0.29) is 0 Å². The molecule has 3 rings (SSSR count). The van der Waals surface area contributed by atoms with Gasteiger partial charge in [-0.2, -0.15) is 0 Å². The minimum atomic E-state index is 0.295. The maximum atomic E-state index is 11.5. The fourth-order valence-electron chi connectivity index (χ4n) is 2.65. The minimum Gasteiger partial charge on any atom is -0.338 e. The van der Waals surface area contributed by atoms with Gasteiger partial charge in [-0.25, -0.2) is 0 Å². The lowest BCUT2D eigenvalue weighted by molar-refractivity contribution is -0.135. The highest BCUT2D eigenvalue weighted by Crippen LogP contribution is 2.52. The average molecular weight is 165 g/mol. The van der Waals surface area contributed by atoms with Gasteiger partial charge in [-0.1, -0.05) is 0 Å². The largest absolute Gasteiger partial charge is 0.338 e. The van der Waals surface area contributed by atoms with Crippen LogP contribution < -0.4 is 0 Å². The molecule has 1 amide bonds. The number of rotatable bonds is 0. The summed E-state index contributed by atoms with van der Waals surface area (Å²) in [5, 5.41) is 0. The van der Waals surface area contributed by atoms with Crippen LogP contribution in [0.5, 0.6) is 0 Å². The molecular formula is C9H11NO2. The fraction of sp³-hybridized carbons (Fsp3) is 0.778. The molecule has 3 heteroatoms. The highest BCUT2D eigenvalue weighted by molar-refractivity contribution is 5.89. The van der Waals surface area contributed by atoms with E-state index in [1.807, 2.05) is 4.90 Å². The molecule has 0 bridgehead atoms. The van der Waals surface area contributed by atoms with E-state index >= 15 is 0 Å². The highest BCUT2D eigenvalue weighted by atomic mass is 16.2. The van der Waals surface area contributed by atoms with Crippen LogP contribution in [0, 0.1) is 11.8 Å². The van der Waals surface area contributed by atoms with Crippen LogP contribution in [0.4, 0.5) is 0 Å². The first-order valence-corrected chi connectivity index (χ1v) is 4.59. The van der Waals surface area contributed by atoms with Crippen LogP contribution in [0.2, 0.25) is 0 Å². The molecule has 3 fully saturated rings. The van der Waals surface area contributed by atoms with Crippen LogP contribution in [0.1, 0.15) is 19.3 Å². The lowest BCUT2D eigenvalue weighted by Gasteiger charge is -2.31. The molecule has 2 saturated heterocycles. The van der Waals surface area contributed by atoms with Crippen LogP contribution in [-0.4, -0.2) is 29.2 Å². The first-order chi connectivity index (χ1) is 5.77. The molecule has 0 aromatic carbocycles. The molecule has 1 aliphatic carbocycles. The van der Waals surface area contributed by atoms with Crippen LogP contribution in [0.15, 0.2) is 0 Å². The molecular weight excluding hydrogens is 154 g/mol. The SMILES string of the molecule is O=C1CCN2C(=O)[C@H]3C[C@H]3C2C1. The standard InChI is InChI=1S/C9H11NO2/c11-5-1-2-10-8(3-5)6-4-7(6)9(10)12/h6-8H,1-4H2/t6-,7+,8?/m1/s1. The highest BCUT2D eigenvalue weighted by Gasteiger charge is 2.59. The number of carbonyl (C=O) groups is 2. The van der Waals surface area contributed by atoms with Crippen LogP contribution in [0.3, 0.4) is 0 Å². The van der Waals surface area contributed by atoms with Gasteiger partial charge in [-0.3, -0.25) is 9.59 Å². The van der Waals surface area contributed by atoms with Crippen molar-refractivity contribution in [2.24, 2.45) is 11.8 Å². The van der Waals surface area contributed by atoms with E-state index in [2.05, 4.69) is 0 Å². The summed E-state index contributed by atoms with van der Waals surface area (Å²) in [5.41, 5.74) is 0. The van der Waals surface area contributed by atoms with Crippen molar-refractivity contribution >= 4 is 11.7 Å². The Balaban J connectivity index is 1.89. The van der Waals surface area contributed by atoms with Gasteiger partial charge in [0.25, 0.3) is 0 Å². The predicted octanol–water partition coefficient (Wildman–Crippen LogP) is 0.196. The second kappa shape index (κ2) is 1.90. The second-order valence-corrected chi connectivity index (χ2v) is 4.10. The van der Waals surface area contributed by atoms with Crippen LogP contribution in [-0.2, 0) is 9.59 Å². The van der Waals surface area contributed by atoms with Crippen molar-refractivity contribution in [3.8, 4) is 0 Å². The zero-order valence-electron chi connectivity index (χ0n) is 6.82. The van der Waals surface area contributed by atoms with E-state index in [0.29, 0.717) is 49.0 Å². The van der Waals surface area contributed by atoms with Gasteiger partial charge >= 0.3 is 0 Å². The molecule has 0 spiro atoms. The third-order valence-electron chi connectivity index (χ3n) is 3.40. The molecule has 3 nitrogen and oxygen atoms in total. The van der Waals surface area contributed by atoms with Gasteiger partial charge in [0.1, 0.15) is 5.78 Å². The third kappa shape index (κ3) is 0.667. The van der Waals surface area contributed by atoms with Crippen molar-refractivity contribution in [1.29, 1.82) is 0 Å². The van der Waals surface area contributed by atoms with Gasteiger partial charge in [0, 0.05) is 31.3 Å². The molecule has 3 atom stereocenters. The van der Waals surface area contributed by atoms with Crippen molar-refractivity contribution in [3.05, 3.63) is 0 Å². The van der Waals surface area contributed by atoms with Crippen molar-refractivity contribution < 1.29 is 9.59 Å². The summed E-state index contributed by atoms with van der Waals surface area (Å²) >= 11 is 0. The third-order valence-corrected chi connectivity index (χ3v) is 3.40. The zero-order chi connectivity index (χ0) is 8.29. The Bertz CT molecular complexity index is 274. The first-order valence-electron chi connectivity index (χ1n) is 4.59. The van der Waals surface area contributed by atoms with Gasteiger partial charge in [0.05, 0.1) is 0 Å². The Morgan fingerprint density at radius 3 is 3.00 bits per heavy atom. The Kier molecular flexibility index (Phi) is 1.05. The number of amides is 1. The summed E-state index contributed by atoms with van der Waals surface area (Å²) in [6, 6.07) is 0.295. The van der Waals surface area contributed by atoms with E-state index < -0.39 is 0 Å². The number of hydrogen-bond donors (Lipinski definition) is 0. The maximum absolute atomic E-state index is 11.5. The molecule has 2 heterocycles. The molecule has 0 N–H and O–H groups in total. The number of fused-ring (bicyclic) bond motifs is 3. The molecule has 0 aromatic rings. The average Bonchev–Trinajstić information content (AvgIpc) is 2.77. The van der Waals surface area contributed by atoms with Crippen LogP contribution in [0.25, 0.3) is 0 Å². The molecule has 2 aliphatic heterocycles. The Morgan fingerprint density at radius 2 is 2.17 bits per heavy atom. The van der Waals surface area contributed by atoms with E-state index in [1.165, 1.54) is 0 Å². The number of carbonyl (C=O) groups excluding carboxylic acids is 2.